The Morgan fingerprint density at radius 1 is 1.42 bits per heavy atom. The number of nitrogens with one attached hydrogen (secondary N) is 2. The third kappa shape index (κ3) is 3.05. The van der Waals surface area contributed by atoms with Gasteiger partial charge in [-0.15, -0.1) is 0 Å². The molecule has 0 saturated carbocycles. The van der Waals surface area contributed by atoms with Crippen LogP contribution in [0.4, 0.5) is 5.69 Å². The number of H-pyrrole nitrogens is 1. The number of anilines is 1. The summed E-state index contributed by atoms with van der Waals surface area (Å²) in [6.07, 6.45) is 1.81. The number of halogens is 1. The second-order valence-electron chi connectivity index (χ2n) is 4.00. The Labute approximate surface area is 116 Å². The molecule has 0 unspecified atom stereocenters. The van der Waals surface area contributed by atoms with Crippen LogP contribution >= 0.6 is 11.6 Å². The SMILES string of the molecule is C=C(c1ccc[nH]1)c1cc(Cl)ccc1NC(=O)CN. The van der Waals surface area contributed by atoms with E-state index in [1.54, 1.807) is 18.2 Å². The number of aromatic amines is 1. The predicted molar refractivity (Wildman–Crippen MR) is 78.1 cm³/mol. The Morgan fingerprint density at radius 2 is 2.21 bits per heavy atom. The lowest BCUT2D eigenvalue weighted by Crippen LogP contribution is -2.22. The van der Waals surface area contributed by atoms with Gasteiger partial charge in [0, 0.05) is 33.7 Å². The minimum atomic E-state index is -0.261. The zero-order valence-electron chi connectivity index (χ0n) is 10.2. The van der Waals surface area contributed by atoms with Crippen molar-refractivity contribution in [2.75, 3.05) is 11.9 Å². The van der Waals surface area contributed by atoms with Crippen molar-refractivity contribution in [3.63, 3.8) is 0 Å². The molecule has 0 radical (unpaired) electrons. The third-order valence-electron chi connectivity index (χ3n) is 2.69. The average molecular weight is 276 g/mol. The van der Waals surface area contributed by atoms with E-state index in [1.165, 1.54) is 0 Å². The number of rotatable bonds is 4. The summed E-state index contributed by atoms with van der Waals surface area (Å²) in [6, 6.07) is 8.98. The maximum Gasteiger partial charge on any atom is 0.238 e. The fourth-order valence-corrected chi connectivity index (χ4v) is 1.91. The van der Waals surface area contributed by atoms with E-state index in [0.29, 0.717) is 10.7 Å². The van der Waals surface area contributed by atoms with Gasteiger partial charge in [0.2, 0.25) is 5.91 Å². The van der Waals surface area contributed by atoms with E-state index in [-0.39, 0.29) is 12.5 Å². The van der Waals surface area contributed by atoms with E-state index in [4.69, 9.17) is 17.3 Å². The smallest absolute Gasteiger partial charge is 0.238 e. The molecule has 2 rings (SSSR count). The number of amides is 1. The molecule has 0 aliphatic carbocycles. The molecule has 4 N–H and O–H groups in total. The highest BCUT2D eigenvalue weighted by Gasteiger charge is 2.11. The first-order valence-electron chi connectivity index (χ1n) is 5.74. The minimum absolute atomic E-state index is 0.0724. The van der Waals surface area contributed by atoms with Crippen LogP contribution in [0, 0.1) is 0 Å². The zero-order valence-corrected chi connectivity index (χ0v) is 11.0. The molecular weight excluding hydrogens is 262 g/mol. The molecule has 0 spiro atoms. The zero-order chi connectivity index (χ0) is 13.8. The molecule has 19 heavy (non-hydrogen) atoms. The van der Waals surface area contributed by atoms with E-state index < -0.39 is 0 Å². The molecule has 1 aromatic heterocycles. The fourth-order valence-electron chi connectivity index (χ4n) is 1.74. The van der Waals surface area contributed by atoms with Gasteiger partial charge in [0.05, 0.1) is 6.54 Å². The third-order valence-corrected chi connectivity index (χ3v) is 2.92. The van der Waals surface area contributed by atoms with Gasteiger partial charge in [-0.05, 0) is 30.3 Å². The molecule has 2 aromatic rings. The Balaban J connectivity index is 2.40. The van der Waals surface area contributed by atoms with Crippen LogP contribution in [-0.2, 0) is 4.79 Å². The minimum Gasteiger partial charge on any atom is -0.361 e. The highest BCUT2D eigenvalue weighted by atomic mass is 35.5. The summed E-state index contributed by atoms with van der Waals surface area (Å²) in [5, 5.41) is 3.31. The van der Waals surface area contributed by atoms with Crippen molar-refractivity contribution in [2.45, 2.75) is 0 Å². The van der Waals surface area contributed by atoms with Crippen LogP contribution in [0.15, 0.2) is 43.1 Å². The molecular formula is C14H14ClN3O. The van der Waals surface area contributed by atoms with Crippen LogP contribution in [0.1, 0.15) is 11.3 Å². The highest BCUT2D eigenvalue weighted by Crippen LogP contribution is 2.29. The molecule has 0 atom stereocenters. The molecule has 0 aliphatic heterocycles. The van der Waals surface area contributed by atoms with Crippen LogP contribution in [0.25, 0.3) is 5.57 Å². The van der Waals surface area contributed by atoms with Crippen molar-refractivity contribution in [3.05, 3.63) is 59.4 Å². The first-order chi connectivity index (χ1) is 9.11. The monoisotopic (exact) mass is 275 g/mol. The molecule has 0 aliphatic rings. The quantitative estimate of drug-likeness (QED) is 0.803. The van der Waals surface area contributed by atoms with Crippen molar-refractivity contribution < 1.29 is 4.79 Å². The van der Waals surface area contributed by atoms with Crippen molar-refractivity contribution in [3.8, 4) is 0 Å². The Morgan fingerprint density at radius 3 is 2.84 bits per heavy atom. The standard InChI is InChI=1S/C14H14ClN3O/c1-9(12-3-2-6-17-12)11-7-10(15)4-5-13(11)18-14(19)8-16/h2-7,17H,1,8,16H2,(H,18,19). The van der Waals surface area contributed by atoms with Gasteiger partial charge in [0.15, 0.2) is 0 Å². The van der Waals surface area contributed by atoms with Crippen LogP contribution in [0.2, 0.25) is 5.02 Å². The van der Waals surface area contributed by atoms with Gasteiger partial charge in [-0.1, -0.05) is 18.2 Å². The van der Waals surface area contributed by atoms with E-state index in [0.717, 1.165) is 16.8 Å². The van der Waals surface area contributed by atoms with Gasteiger partial charge in [-0.2, -0.15) is 0 Å². The number of benzene rings is 1. The highest BCUT2D eigenvalue weighted by molar-refractivity contribution is 6.31. The fraction of sp³-hybridized carbons (Fsp3) is 0.0714. The maximum absolute atomic E-state index is 11.4. The second-order valence-corrected chi connectivity index (χ2v) is 4.44. The molecule has 0 fully saturated rings. The molecule has 1 aromatic carbocycles. The summed E-state index contributed by atoms with van der Waals surface area (Å²) in [4.78, 5) is 14.5. The lowest BCUT2D eigenvalue weighted by Gasteiger charge is -2.12. The Bertz CT molecular complexity index is 605. The molecule has 4 nitrogen and oxygen atoms in total. The number of hydrogen-bond donors (Lipinski definition) is 3. The molecule has 0 saturated heterocycles. The summed E-state index contributed by atoms with van der Waals surface area (Å²) in [5.74, 6) is -0.261. The molecule has 5 heteroatoms. The lowest BCUT2D eigenvalue weighted by atomic mass is 10.0. The first-order valence-corrected chi connectivity index (χ1v) is 6.12. The van der Waals surface area contributed by atoms with Crippen molar-refractivity contribution in [1.29, 1.82) is 0 Å². The number of hydrogen-bond acceptors (Lipinski definition) is 2. The van der Waals surface area contributed by atoms with Gasteiger partial charge < -0.3 is 16.0 Å². The summed E-state index contributed by atoms with van der Waals surface area (Å²) in [6.45, 7) is 3.96. The first kappa shape index (κ1) is 13.4. The second kappa shape index (κ2) is 5.73. The number of aromatic nitrogens is 1. The van der Waals surface area contributed by atoms with Gasteiger partial charge >= 0.3 is 0 Å². The lowest BCUT2D eigenvalue weighted by molar-refractivity contribution is -0.114. The Kier molecular flexibility index (Phi) is 4.04. The van der Waals surface area contributed by atoms with Gasteiger partial charge in [-0.3, -0.25) is 4.79 Å². The predicted octanol–water partition coefficient (Wildman–Crippen LogP) is 2.63. The largest absolute Gasteiger partial charge is 0.361 e. The molecule has 1 amide bonds. The van der Waals surface area contributed by atoms with Crippen LogP contribution in [-0.4, -0.2) is 17.4 Å². The van der Waals surface area contributed by atoms with Crippen molar-refractivity contribution in [1.82, 2.24) is 4.98 Å². The van der Waals surface area contributed by atoms with Gasteiger partial charge in [0.1, 0.15) is 0 Å². The van der Waals surface area contributed by atoms with Crippen LogP contribution in [0.5, 0.6) is 0 Å². The Hall–Kier alpha value is -2.04. The van der Waals surface area contributed by atoms with E-state index in [1.807, 2.05) is 18.3 Å². The summed E-state index contributed by atoms with van der Waals surface area (Å²) < 4.78 is 0. The summed E-state index contributed by atoms with van der Waals surface area (Å²) in [5.41, 5.74) is 8.32. The average Bonchev–Trinajstić information content (AvgIpc) is 2.93. The van der Waals surface area contributed by atoms with E-state index in [9.17, 15) is 4.79 Å². The topological polar surface area (TPSA) is 70.9 Å². The van der Waals surface area contributed by atoms with Crippen LogP contribution in [0.3, 0.4) is 0 Å². The molecule has 98 valence electrons. The number of carbonyl (C=O) groups is 1. The number of nitrogens with two attached hydrogens (primary N) is 1. The van der Waals surface area contributed by atoms with Crippen LogP contribution < -0.4 is 11.1 Å². The molecule has 1 heterocycles. The number of carbonyl (C=O) groups excluding carboxylic acids is 1. The van der Waals surface area contributed by atoms with Gasteiger partial charge in [0.25, 0.3) is 0 Å². The normalized spacial score (nSPS) is 10.2. The van der Waals surface area contributed by atoms with Crippen molar-refractivity contribution >= 4 is 28.8 Å². The van der Waals surface area contributed by atoms with Crippen molar-refractivity contribution in [2.24, 2.45) is 5.73 Å². The summed E-state index contributed by atoms with van der Waals surface area (Å²) >= 11 is 6.00. The molecule has 0 bridgehead atoms. The van der Waals surface area contributed by atoms with Gasteiger partial charge in [-0.25, -0.2) is 0 Å². The van der Waals surface area contributed by atoms with E-state index in [2.05, 4.69) is 16.9 Å². The van der Waals surface area contributed by atoms with E-state index >= 15 is 0 Å². The maximum atomic E-state index is 11.4. The summed E-state index contributed by atoms with van der Waals surface area (Å²) in [7, 11) is 0.